The fourth-order valence-electron chi connectivity index (χ4n) is 1.13. The van der Waals surface area contributed by atoms with E-state index in [0.717, 1.165) is 5.56 Å². The number of carbonyl (C=O) groups excluding carboxylic acids is 1. The predicted molar refractivity (Wildman–Crippen MR) is 52.0 cm³/mol. The highest BCUT2D eigenvalue weighted by Crippen LogP contribution is 1.97. The van der Waals surface area contributed by atoms with Gasteiger partial charge in [0.15, 0.2) is 0 Å². The van der Waals surface area contributed by atoms with E-state index in [-0.39, 0.29) is 17.9 Å². The molecule has 0 saturated heterocycles. The van der Waals surface area contributed by atoms with Gasteiger partial charge in [-0.05, 0) is 12.5 Å². The van der Waals surface area contributed by atoms with Crippen LogP contribution in [-0.2, 0) is 23.0 Å². The van der Waals surface area contributed by atoms with Crippen LogP contribution in [0.3, 0.4) is 0 Å². The van der Waals surface area contributed by atoms with Gasteiger partial charge in [0.2, 0.25) is 5.56 Å². The number of hydrogen-bond donors (Lipinski definition) is 0. The maximum Gasteiger partial charge on any atom is 0.310 e. The second-order valence-electron chi connectivity index (χ2n) is 2.97. The van der Waals surface area contributed by atoms with Gasteiger partial charge in [0, 0.05) is 19.3 Å². The van der Waals surface area contributed by atoms with Crippen LogP contribution in [0.2, 0.25) is 0 Å². The molecule has 76 valence electrons. The third-order valence-electron chi connectivity index (χ3n) is 1.80. The second-order valence-corrected chi connectivity index (χ2v) is 2.97. The van der Waals surface area contributed by atoms with Crippen LogP contribution in [0.1, 0.15) is 12.5 Å². The van der Waals surface area contributed by atoms with Gasteiger partial charge in [-0.1, -0.05) is 6.07 Å². The SMILES string of the molecule is CCOC(=O)Cc1ccc(=O)n(C)c1. The summed E-state index contributed by atoms with van der Waals surface area (Å²) in [6.07, 6.45) is 1.85. The number of hydrogen-bond acceptors (Lipinski definition) is 3. The Kier molecular flexibility index (Phi) is 3.45. The Morgan fingerprint density at radius 3 is 2.79 bits per heavy atom. The van der Waals surface area contributed by atoms with Crippen molar-refractivity contribution < 1.29 is 9.53 Å². The molecule has 1 rings (SSSR count). The van der Waals surface area contributed by atoms with Crippen LogP contribution >= 0.6 is 0 Å². The first-order valence-corrected chi connectivity index (χ1v) is 4.44. The molecule has 4 nitrogen and oxygen atoms in total. The highest BCUT2D eigenvalue weighted by atomic mass is 16.5. The van der Waals surface area contributed by atoms with E-state index < -0.39 is 0 Å². The molecule has 0 unspecified atom stereocenters. The van der Waals surface area contributed by atoms with Crippen molar-refractivity contribution in [1.29, 1.82) is 0 Å². The summed E-state index contributed by atoms with van der Waals surface area (Å²) >= 11 is 0. The van der Waals surface area contributed by atoms with Crippen LogP contribution < -0.4 is 5.56 Å². The van der Waals surface area contributed by atoms with E-state index in [1.807, 2.05) is 0 Å². The maximum absolute atomic E-state index is 11.1. The zero-order valence-corrected chi connectivity index (χ0v) is 8.32. The van der Waals surface area contributed by atoms with Gasteiger partial charge in [0.1, 0.15) is 0 Å². The van der Waals surface area contributed by atoms with Crippen LogP contribution in [0, 0.1) is 0 Å². The first kappa shape index (κ1) is 10.5. The Labute approximate surface area is 82.1 Å². The second kappa shape index (κ2) is 4.60. The summed E-state index contributed by atoms with van der Waals surface area (Å²) in [5.41, 5.74) is 0.697. The van der Waals surface area contributed by atoms with Gasteiger partial charge in [-0.25, -0.2) is 0 Å². The Balaban J connectivity index is 2.73. The lowest BCUT2D eigenvalue weighted by atomic mass is 10.2. The van der Waals surface area contributed by atoms with Crippen molar-refractivity contribution in [1.82, 2.24) is 4.57 Å². The molecule has 4 heteroatoms. The molecule has 0 aromatic carbocycles. The Hall–Kier alpha value is -1.58. The van der Waals surface area contributed by atoms with Crippen molar-refractivity contribution in [2.24, 2.45) is 7.05 Å². The van der Waals surface area contributed by atoms with Crippen LogP contribution in [0.5, 0.6) is 0 Å². The molecule has 1 heterocycles. The van der Waals surface area contributed by atoms with Crippen LogP contribution in [-0.4, -0.2) is 17.1 Å². The number of aryl methyl sites for hydroxylation is 1. The quantitative estimate of drug-likeness (QED) is 0.659. The van der Waals surface area contributed by atoms with E-state index in [4.69, 9.17) is 4.74 Å². The van der Waals surface area contributed by atoms with E-state index in [2.05, 4.69) is 0 Å². The zero-order chi connectivity index (χ0) is 10.6. The average Bonchev–Trinajstić information content (AvgIpc) is 2.12. The summed E-state index contributed by atoms with van der Waals surface area (Å²) in [7, 11) is 1.65. The van der Waals surface area contributed by atoms with Crippen molar-refractivity contribution in [2.75, 3.05) is 6.61 Å². The molecule has 0 aliphatic heterocycles. The molecule has 1 aromatic heterocycles. The molecule has 0 spiro atoms. The lowest BCUT2D eigenvalue weighted by Crippen LogP contribution is -2.16. The summed E-state index contributed by atoms with van der Waals surface area (Å²) in [5.74, 6) is -0.272. The minimum atomic E-state index is -0.272. The van der Waals surface area contributed by atoms with Crippen LogP contribution in [0.15, 0.2) is 23.1 Å². The first-order chi connectivity index (χ1) is 6.63. The molecule has 14 heavy (non-hydrogen) atoms. The number of rotatable bonds is 3. The fourth-order valence-corrected chi connectivity index (χ4v) is 1.13. The zero-order valence-electron chi connectivity index (χ0n) is 8.32. The normalized spacial score (nSPS) is 9.86. The van der Waals surface area contributed by atoms with Gasteiger partial charge in [-0.15, -0.1) is 0 Å². The first-order valence-electron chi connectivity index (χ1n) is 4.44. The molecule has 0 amide bonds. The van der Waals surface area contributed by atoms with Crippen molar-refractivity contribution in [3.8, 4) is 0 Å². The molecule has 0 bridgehead atoms. The summed E-state index contributed by atoms with van der Waals surface area (Å²) in [5, 5.41) is 0. The number of esters is 1. The maximum atomic E-state index is 11.1. The van der Waals surface area contributed by atoms with Crippen LogP contribution in [0.4, 0.5) is 0 Å². The minimum absolute atomic E-state index is 0.0855. The molecule has 0 radical (unpaired) electrons. The van der Waals surface area contributed by atoms with Gasteiger partial charge in [-0.2, -0.15) is 0 Å². The number of ether oxygens (including phenoxy) is 1. The fraction of sp³-hybridized carbons (Fsp3) is 0.400. The van der Waals surface area contributed by atoms with E-state index in [0.29, 0.717) is 6.61 Å². The summed E-state index contributed by atoms with van der Waals surface area (Å²) in [6, 6.07) is 3.08. The van der Waals surface area contributed by atoms with Crippen molar-refractivity contribution >= 4 is 5.97 Å². The molecule has 1 aromatic rings. The third kappa shape index (κ3) is 2.73. The largest absolute Gasteiger partial charge is 0.466 e. The molecular weight excluding hydrogens is 182 g/mol. The lowest BCUT2D eigenvalue weighted by molar-refractivity contribution is -0.142. The van der Waals surface area contributed by atoms with Gasteiger partial charge < -0.3 is 9.30 Å². The van der Waals surface area contributed by atoms with Gasteiger partial charge in [0.25, 0.3) is 0 Å². The molecular formula is C10H13NO3. The monoisotopic (exact) mass is 195 g/mol. The number of carbonyl (C=O) groups is 1. The summed E-state index contributed by atoms with van der Waals surface area (Å²) in [4.78, 5) is 22.1. The molecule has 0 aliphatic carbocycles. The molecule has 0 fully saturated rings. The highest BCUT2D eigenvalue weighted by molar-refractivity contribution is 5.72. The summed E-state index contributed by atoms with van der Waals surface area (Å²) < 4.78 is 6.23. The van der Waals surface area contributed by atoms with E-state index >= 15 is 0 Å². The van der Waals surface area contributed by atoms with E-state index in [9.17, 15) is 9.59 Å². The number of nitrogens with zero attached hydrogens (tertiary/aromatic N) is 1. The molecule has 0 saturated carbocycles. The molecule has 0 aliphatic rings. The Bertz CT molecular complexity index is 381. The molecule has 0 N–H and O–H groups in total. The van der Waals surface area contributed by atoms with Gasteiger partial charge in [0.05, 0.1) is 13.0 Å². The average molecular weight is 195 g/mol. The van der Waals surface area contributed by atoms with Gasteiger partial charge >= 0.3 is 5.97 Å². The number of aromatic nitrogens is 1. The van der Waals surface area contributed by atoms with Crippen molar-refractivity contribution in [3.63, 3.8) is 0 Å². The van der Waals surface area contributed by atoms with E-state index in [1.54, 1.807) is 26.2 Å². The highest BCUT2D eigenvalue weighted by Gasteiger charge is 2.04. The van der Waals surface area contributed by atoms with Gasteiger partial charge in [-0.3, -0.25) is 9.59 Å². The Morgan fingerprint density at radius 1 is 1.50 bits per heavy atom. The molecule has 0 atom stereocenters. The topological polar surface area (TPSA) is 48.3 Å². The summed E-state index contributed by atoms with van der Waals surface area (Å²) in [6.45, 7) is 2.14. The van der Waals surface area contributed by atoms with Crippen LogP contribution in [0.25, 0.3) is 0 Å². The number of pyridine rings is 1. The van der Waals surface area contributed by atoms with Crippen molar-refractivity contribution in [3.05, 3.63) is 34.2 Å². The van der Waals surface area contributed by atoms with E-state index in [1.165, 1.54) is 10.6 Å². The standard InChI is InChI=1S/C10H13NO3/c1-3-14-10(13)6-8-4-5-9(12)11(2)7-8/h4-5,7H,3,6H2,1-2H3. The predicted octanol–water partition coefficient (Wildman–Crippen LogP) is 0.491. The third-order valence-corrected chi connectivity index (χ3v) is 1.80. The van der Waals surface area contributed by atoms with Crippen molar-refractivity contribution in [2.45, 2.75) is 13.3 Å². The lowest BCUT2D eigenvalue weighted by Gasteiger charge is -2.03. The smallest absolute Gasteiger partial charge is 0.310 e. The minimum Gasteiger partial charge on any atom is -0.466 e. The Morgan fingerprint density at radius 2 is 2.21 bits per heavy atom.